The molecule has 6 heteroatoms. The first kappa shape index (κ1) is 14.1. The zero-order chi connectivity index (χ0) is 12.9. The van der Waals surface area contributed by atoms with Crippen molar-refractivity contribution in [3.63, 3.8) is 0 Å². The minimum absolute atomic E-state index is 0.223. The molecule has 0 radical (unpaired) electrons. The van der Waals surface area contributed by atoms with Crippen molar-refractivity contribution in [2.24, 2.45) is 0 Å². The smallest absolute Gasteiger partial charge is 0.405 e. The Kier molecular flexibility index (Phi) is 5.02. The number of halogens is 4. The van der Waals surface area contributed by atoms with E-state index in [9.17, 15) is 13.2 Å². The summed E-state index contributed by atoms with van der Waals surface area (Å²) in [7, 11) is 1.75. The first-order chi connectivity index (χ1) is 7.92. The number of rotatable bonds is 4. The topological polar surface area (TPSA) is 21.3 Å². The number of benzene rings is 1. The Morgan fingerprint density at radius 3 is 2.71 bits per heavy atom. The van der Waals surface area contributed by atoms with Gasteiger partial charge in [-0.25, -0.2) is 0 Å². The normalized spacial score (nSPS) is 12.1. The maximum absolute atomic E-state index is 12.2. The molecule has 0 bridgehead atoms. The fourth-order valence-corrected chi connectivity index (χ4v) is 1.50. The van der Waals surface area contributed by atoms with E-state index in [1.807, 2.05) is 0 Å². The summed E-state index contributed by atoms with van der Waals surface area (Å²) in [6, 6.07) is 4.49. The van der Waals surface area contributed by atoms with E-state index in [1.54, 1.807) is 31.3 Å². The van der Waals surface area contributed by atoms with Gasteiger partial charge in [-0.15, -0.1) is 13.2 Å². The SMILES string of the molecule is CNCC=Cc1ccc(Br)cc1OC(F)(F)F. The fraction of sp³-hybridized carbons (Fsp3) is 0.273. The lowest BCUT2D eigenvalue weighted by Crippen LogP contribution is -2.17. The van der Waals surface area contributed by atoms with Gasteiger partial charge in [0.1, 0.15) is 5.75 Å². The predicted octanol–water partition coefficient (Wildman–Crippen LogP) is 3.58. The summed E-state index contributed by atoms with van der Waals surface area (Å²) in [6.07, 6.45) is -1.40. The van der Waals surface area contributed by atoms with Crippen molar-refractivity contribution >= 4 is 22.0 Å². The molecule has 0 aromatic heterocycles. The number of nitrogens with one attached hydrogen (secondary N) is 1. The van der Waals surface area contributed by atoms with Gasteiger partial charge in [-0.3, -0.25) is 0 Å². The summed E-state index contributed by atoms with van der Waals surface area (Å²) in [4.78, 5) is 0. The largest absolute Gasteiger partial charge is 0.573 e. The van der Waals surface area contributed by atoms with E-state index in [0.717, 1.165) is 0 Å². The molecule has 0 heterocycles. The number of hydrogen-bond donors (Lipinski definition) is 1. The van der Waals surface area contributed by atoms with E-state index in [1.165, 1.54) is 6.07 Å². The van der Waals surface area contributed by atoms with E-state index < -0.39 is 6.36 Å². The van der Waals surface area contributed by atoms with Gasteiger partial charge in [0.2, 0.25) is 0 Å². The van der Waals surface area contributed by atoms with Crippen LogP contribution < -0.4 is 10.1 Å². The first-order valence-corrected chi connectivity index (χ1v) is 5.58. The molecule has 0 aliphatic heterocycles. The molecule has 0 unspecified atom stereocenters. The third kappa shape index (κ3) is 5.23. The van der Waals surface area contributed by atoms with Crippen LogP contribution in [0.2, 0.25) is 0 Å². The van der Waals surface area contributed by atoms with Crippen molar-refractivity contribution in [2.75, 3.05) is 13.6 Å². The summed E-state index contributed by atoms with van der Waals surface area (Å²) in [5.41, 5.74) is 0.376. The lowest BCUT2D eigenvalue weighted by molar-refractivity contribution is -0.274. The summed E-state index contributed by atoms with van der Waals surface area (Å²) in [5, 5.41) is 2.86. The van der Waals surface area contributed by atoms with Gasteiger partial charge in [0.15, 0.2) is 0 Å². The molecular formula is C11H11BrF3NO. The van der Waals surface area contributed by atoms with Gasteiger partial charge in [-0.1, -0.05) is 34.1 Å². The highest BCUT2D eigenvalue weighted by Gasteiger charge is 2.31. The van der Waals surface area contributed by atoms with E-state index >= 15 is 0 Å². The summed E-state index contributed by atoms with van der Waals surface area (Å²) in [5.74, 6) is -0.223. The van der Waals surface area contributed by atoms with Crippen LogP contribution >= 0.6 is 15.9 Å². The standard InChI is InChI=1S/C11H11BrF3NO/c1-16-6-2-3-8-4-5-9(12)7-10(8)17-11(13,14)15/h2-5,7,16H,6H2,1H3. The molecule has 0 atom stereocenters. The fourth-order valence-electron chi connectivity index (χ4n) is 1.16. The monoisotopic (exact) mass is 309 g/mol. The van der Waals surface area contributed by atoms with Crippen molar-refractivity contribution in [2.45, 2.75) is 6.36 Å². The van der Waals surface area contributed by atoms with E-state index in [2.05, 4.69) is 26.0 Å². The highest BCUT2D eigenvalue weighted by atomic mass is 79.9. The van der Waals surface area contributed by atoms with Gasteiger partial charge >= 0.3 is 6.36 Å². The van der Waals surface area contributed by atoms with Gasteiger partial charge in [0, 0.05) is 16.6 Å². The average molecular weight is 310 g/mol. The van der Waals surface area contributed by atoms with Crippen LogP contribution in [0.4, 0.5) is 13.2 Å². The molecule has 94 valence electrons. The van der Waals surface area contributed by atoms with E-state index in [0.29, 0.717) is 16.6 Å². The number of hydrogen-bond acceptors (Lipinski definition) is 2. The van der Waals surface area contributed by atoms with Crippen LogP contribution in [0.1, 0.15) is 5.56 Å². The second-order valence-electron chi connectivity index (χ2n) is 3.19. The Morgan fingerprint density at radius 2 is 2.12 bits per heavy atom. The quantitative estimate of drug-likeness (QED) is 0.918. The molecule has 1 aromatic rings. The maximum atomic E-state index is 12.2. The van der Waals surface area contributed by atoms with Crippen LogP contribution in [0.15, 0.2) is 28.7 Å². The molecule has 1 rings (SSSR count). The first-order valence-electron chi connectivity index (χ1n) is 4.79. The molecule has 0 saturated carbocycles. The molecule has 0 spiro atoms. The van der Waals surface area contributed by atoms with Crippen molar-refractivity contribution in [3.8, 4) is 5.75 Å². The van der Waals surface area contributed by atoms with Gasteiger partial charge in [0.05, 0.1) is 0 Å². The summed E-state index contributed by atoms with van der Waals surface area (Å²) in [6.45, 7) is 0.571. The molecule has 0 amide bonds. The molecule has 0 aliphatic carbocycles. The second kappa shape index (κ2) is 6.07. The van der Waals surface area contributed by atoms with Crippen molar-refractivity contribution < 1.29 is 17.9 Å². The van der Waals surface area contributed by atoms with Crippen molar-refractivity contribution in [1.82, 2.24) is 5.32 Å². The lowest BCUT2D eigenvalue weighted by Gasteiger charge is -2.11. The predicted molar refractivity (Wildman–Crippen MR) is 63.8 cm³/mol. The Bertz CT molecular complexity index is 404. The van der Waals surface area contributed by atoms with Crippen LogP contribution in [0, 0.1) is 0 Å². The van der Waals surface area contributed by atoms with Crippen LogP contribution in [0.25, 0.3) is 6.08 Å². The zero-order valence-corrected chi connectivity index (χ0v) is 10.6. The molecule has 0 aliphatic rings. The Morgan fingerprint density at radius 1 is 1.41 bits per heavy atom. The Labute approximate surface area is 106 Å². The van der Waals surface area contributed by atoms with Crippen LogP contribution in [0.3, 0.4) is 0 Å². The molecular weight excluding hydrogens is 299 g/mol. The van der Waals surface area contributed by atoms with Gasteiger partial charge in [0.25, 0.3) is 0 Å². The number of likely N-dealkylation sites (N-methyl/N-ethyl adjacent to an activating group) is 1. The average Bonchev–Trinajstić information content (AvgIpc) is 2.19. The third-order valence-corrected chi connectivity index (χ3v) is 2.31. The lowest BCUT2D eigenvalue weighted by atomic mass is 10.2. The number of ether oxygens (including phenoxy) is 1. The van der Waals surface area contributed by atoms with Crippen LogP contribution in [0.5, 0.6) is 5.75 Å². The Balaban J connectivity index is 2.95. The molecule has 0 fully saturated rings. The van der Waals surface area contributed by atoms with E-state index in [4.69, 9.17) is 0 Å². The minimum Gasteiger partial charge on any atom is -0.405 e. The zero-order valence-electron chi connectivity index (χ0n) is 9.01. The summed E-state index contributed by atoms with van der Waals surface area (Å²) < 4.78 is 41.0. The van der Waals surface area contributed by atoms with Gasteiger partial charge in [-0.2, -0.15) is 0 Å². The molecule has 0 saturated heterocycles. The highest BCUT2D eigenvalue weighted by Crippen LogP contribution is 2.30. The van der Waals surface area contributed by atoms with Gasteiger partial charge in [-0.05, 0) is 19.2 Å². The molecule has 17 heavy (non-hydrogen) atoms. The maximum Gasteiger partial charge on any atom is 0.573 e. The highest BCUT2D eigenvalue weighted by molar-refractivity contribution is 9.10. The summed E-state index contributed by atoms with van der Waals surface area (Å²) >= 11 is 3.10. The van der Waals surface area contributed by atoms with Crippen LogP contribution in [-0.4, -0.2) is 20.0 Å². The molecule has 1 N–H and O–H groups in total. The second-order valence-corrected chi connectivity index (χ2v) is 4.11. The van der Waals surface area contributed by atoms with Crippen LogP contribution in [-0.2, 0) is 0 Å². The molecule has 1 aromatic carbocycles. The van der Waals surface area contributed by atoms with Gasteiger partial charge < -0.3 is 10.1 Å². The molecule has 2 nitrogen and oxygen atoms in total. The van der Waals surface area contributed by atoms with Crippen molar-refractivity contribution in [1.29, 1.82) is 0 Å². The minimum atomic E-state index is -4.69. The Hall–Kier alpha value is -1.01. The van der Waals surface area contributed by atoms with E-state index in [-0.39, 0.29) is 5.75 Å². The third-order valence-electron chi connectivity index (χ3n) is 1.82. The number of alkyl halides is 3. The van der Waals surface area contributed by atoms with Crippen molar-refractivity contribution in [3.05, 3.63) is 34.3 Å².